The molecule has 0 saturated heterocycles. The predicted octanol–water partition coefficient (Wildman–Crippen LogP) is 1.20. The minimum atomic E-state index is -3.46. The van der Waals surface area contributed by atoms with Gasteiger partial charge in [-0.1, -0.05) is 27.7 Å². The fourth-order valence-corrected chi connectivity index (χ4v) is 2.97. The van der Waals surface area contributed by atoms with E-state index in [1.807, 2.05) is 20.8 Å². The summed E-state index contributed by atoms with van der Waals surface area (Å²) in [7, 11) is -1.85. The summed E-state index contributed by atoms with van der Waals surface area (Å²) in [6.07, 6.45) is 0.785. The molecule has 1 atom stereocenters. The molecule has 7 heteroatoms. The Bertz CT molecular complexity index is 358. The number of nitrogens with one attached hydrogen (secondary N) is 2. The summed E-state index contributed by atoms with van der Waals surface area (Å²) in [6, 6.07) is 0.216. The third-order valence-corrected chi connectivity index (χ3v) is 4.82. The molecule has 128 valence electrons. The molecule has 0 aliphatic heterocycles. The van der Waals surface area contributed by atoms with Crippen molar-refractivity contribution in [1.82, 2.24) is 14.3 Å². The Labute approximate surface area is 130 Å². The first-order valence-electron chi connectivity index (χ1n) is 7.75. The number of ether oxygens (including phenoxy) is 1. The topological polar surface area (TPSA) is 70.7 Å². The fourth-order valence-electron chi connectivity index (χ4n) is 1.70. The van der Waals surface area contributed by atoms with E-state index in [1.165, 1.54) is 4.31 Å². The summed E-state index contributed by atoms with van der Waals surface area (Å²) < 4.78 is 34.0. The van der Waals surface area contributed by atoms with Gasteiger partial charge in [0.15, 0.2) is 0 Å². The zero-order valence-corrected chi connectivity index (χ0v) is 15.2. The maximum atomic E-state index is 12.3. The van der Waals surface area contributed by atoms with Crippen molar-refractivity contribution in [3.05, 3.63) is 0 Å². The molecule has 0 radical (unpaired) electrons. The van der Waals surface area contributed by atoms with Gasteiger partial charge < -0.3 is 10.1 Å². The third-order valence-electron chi connectivity index (χ3n) is 3.22. The highest BCUT2D eigenvalue weighted by Crippen LogP contribution is 2.06. The molecule has 2 N–H and O–H groups in total. The van der Waals surface area contributed by atoms with Crippen LogP contribution in [0.25, 0.3) is 0 Å². The van der Waals surface area contributed by atoms with Crippen molar-refractivity contribution in [1.29, 1.82) is 0 Å². The molecule has 6 nitrogen and oxygen atoms in total. The Kier molecular flexibility index (Phi) is 10.4. The molecule has 0 aromatic rings. The SMILES string of the molecule is CCOCC(NS(=O)(=O)N(C)CCCNC(C)C)C(C)C. The fraction of sp³-hybridized carbons (Fsp3) is 1.00. The predicted molar refractivity (Wildman–Crippen MR) is 87.6 cm³/mol. The number of hydrogen-bond acceptors (Lipinski definition) is 4. The lowest BCUT2D eigenvalue weighted by Gasteiger charge is -2.25. The molecule has 0 fully saturated rings. The van der Waals surface area contributed by atoms with E-state index in [9.17, 15) is 8.42 Å². The molecule has 0 aromatic carbocycles. The summed E-state index contributed by atoms with van der Waals surface area (Å²) in [6.45, 7) is 12.3. The van der Waals surface area contributed by atoms with Crippen LogP contribution in [0.1, 0.15) is 41.0 Å². The molecule has 0 bridgehead atoms. The molecular weight excluding hydrogens is 290 g/mol. The van der Waals surface area contributed by atoms with Crippen LogP contribution in [0, 0.1) is 5.92 Å². The second-order valence-corrected chi connectivity index (χ2v) is 7.73. The van der Waals surface area contributed by atoms with E-state index in [4.69, 9.17) is 4.74 Å². The van der Waals surface area contributed by atoms with Gasteiger partial charge in [-0.05, 0) is 25.8 Å². The molecular formula is C14H33N3O3S. The smallest absolute Gasteiger partial charge is 0.279 e. The van der Waals surface area contributed by atoms with Gasteiger partial charge in [0.05, 0.1) is 6.61 Å². The number of nitrogens with zero attached hydrogens (tertiary/aromatic N) is 1. The molecule has 0 rings (SSSR count). The lowest BCUT2D eigenvalue weighted by molar-refractivity contribution is 0.115. The molecule has 0 aliphatic carbocycles. The first kappa shape index (κ1) is 20.8. The molecule has 1 unspecified atom stereocenters. The second-order valence-electron chi connectivity index (χ2n) is 5.92. The van der Waals surface area contributed by atoms with E-state index in [2.05, 4.69) is 23.9 Å². The van der Waals surface area contributed by atoms with Crippen LogP contribution in [-0.2, 0) is 14.9 Å². The first-order chi connectivity index (χ1) is 9.70. The molecule has 21 heavy (non-hydrogen) atoms. The highest BCUT2D eigenvalue weighted by Gasteiger charge is 2.24. The lowest BCUT2D eigenvalue weighted by Crippen LogP contribution is -2.48. The van der Waals surface area contributed by atoms with Crippen molar-refractivity contribution in [2.24, 2.45) is 5.92 Å². The van der Waals surface area contributed by atoms with Crippen LogP contribution in [0.2, 0.25) is 0 Å². The van der Waals surface area contributed by atoms with Gasteiger partial charge in [-0.25, -0.2) is 0 Å². The molecule has 0 heterocycles. The van der Waals surface area contributed by atoms with Gasteiger partial charge in [0.1, 0.15) is 0 Å². The van der Waals surface area contributed by atoms with Crippen molar-refractivity contribution < 1.29 is 13.2 Å². The summed E-state index contributed by atoms with van der Waals surface area (Å²) in [5.41, 5.74) is 0. The summed E-state index contributed by atoms with van der Waals surface area (Å²) >= 11 is 0. The van der Waals surface area contributed by atoms with Crippen molar-refractivity contribution in [2.45, 2.75) is 53.1 Å². The first-order valence-corrected chi connectivity index (χ1v) is 9.19. The van der Waals surface area contributed by atoms with Gasteiger partial charge in [0, 0.05) is 32.3 Å². The zero-order valence-electron chi connectivity index (χ0n) is 14.3. The largest absolute Gasteiger partial charge is 0.380 e. The van der Waals surface area contributed by atoms with Crippen LogP contribution in [0.3, 0.4) is 0 Å². The molecule has 0 amide bonds. The van der Waals surface area contributed by atoms with Crippen molar-refractivity contribution in [2.75, 3.05) is 33.4 Å². The molecule has 0 aliphatic rings. The Balaban J connectivity index is 4.36. The maximum Gasteiger partial charge on any atom is 0.279 e. The summed E-state index contributed by atoms with van der Waals surface area (Å²) in [5, 5.41) is 3.28. The van der Waals surface area contributed by atoms with Crippen LogP contribution >= 0.6 is 0 Å². The van der Waals surface area contributed by atoms with Gasteiger partial charge in [0.2, 0.25) is 0 Å². The third kappa shape index (κ3) is 9.42. The van der Waals surface area contributed by atoms with Gasteiger partial charge in [-0.15, -0.1) is 0 Å². The average Bonchev–Trinajstić information content (AvgIpc) is 2.38. The normalized spacial score (nSPS) is 14.3. The van der Waals surface area contributed by atoms with E-state index in [-0.39, 0.29) is 12.0 Å². The van der Waals surface area contributed by atoms with Gasteiger partial charge in [-0.2, -0.15) is 17.4 Å². The van der Waals surface area contributed by atoms with E-state index < -0.39 is 10.2 Å². The van der Waals surface area contributed by atoms with Gasteiger partial charge in [-0.3, -0.25) is 0 Å². The van der Waals surface area contributed by atoms with Gasteiger partial charge in [0.25, 0.3) is 10.2 Å². The van der Waals surface area contributed by atoms with E-state index in [1.54, 1.807) is 7.05 Å². The minimum absolute atomic E-state index is 0.183. The quantitative estimate of drug-likeness (QED) is 0.530. The Morgan fingerprint density at radius 2 is 1.81 bits per heavy atom. The summed E-state index contributed by atoms with van der Waals surface area (Å²) in [5.74, 6) is 0.183. The van der Waals surface area contributed by atoms with E-state index in [0.29, 0.717) is 25.8 Å². The second kappa shape index (κ2) is 10.5. The number of hydrogen-bond donors (Lipinski definition) is 2. The van der Waals surface area contributed by atoms with E-state index >= 15 is 0 Å². The Hall–Kier alpha value is -0.210. The van der Waals surface area contributed by atoms with Crippen LogP contribution in [-0.4, -0.2) is 58.2 Å². The molecule has 0 saturated carbocycles. The monoisotopic (exact) mass is 323 g/mol. The minimum Gasteiger partial charge on any atom is -0.380 e. The van der Waals surface area contributed by atoms with Crippen LogP contribution < -0.4 is 10.0 Å². The highest BCUT2D eigenvalue weighted by atomic mass is 32.2. The zero-order chi connectivity index (χ0) is 16.5. The molecule has 0 aromatic heterocycles. The van der Waals surface area contributed by atoms with Crippen LogP contribution in [0.15, 0.2) is 0 Å². The molecule has 0 spiro atoms. The van der Waals surface area contributed by atoms with E-state index in [0.717, 1.165) is 13.0 Å². The van der Waals surface area contributed by atoms with Crippen molar-refractivity contribution >= 4 is 10.2 Å². The van der Waals surface area contributed by atoms with Crippen molar-refractivity contribution in [3.63, 3.8) is 0 Å². The standard InChI is InChI=1S/C14H33N3O3S/c1-7-20-11-14(12(2)3)16-21(18,19)17(6)10-8-9-15-13(4)5/h12-16H,7-11H2,1-6H3. The summed E-state index contributed by atoms with van der Waals surface area (Å²) in [4.78, 5) is 0. The van der Waals surface area contributed by atoms with Gasteiger partial charge >= 0.3 is 0 Å². The van der Waals surface area contributed by atoms with Crippen LogP contribution in [0.4, 0.5) is 0 Å². The maximum absolute atomic E-state index is 12.3. The number of rotatable bonds is 12. The Morgan fingerprint density at radius 1 is 1.19 bits per heavy atom. The Morgan fingerprint density at radius 3 is 2.29 bits per heavy atom. The average molecular weight is 324 g/mol. The van der Waals surface area contributed by atoms with Crippen molar-refractivity contribution in [3.8, 4) is 0 Å². The van der Waals surface area contributed by atoms with Crippen LogP contribution in [0.5, 0.6) is 0 Å². The lowest BCUT2D eigenvalue weighted by atomic mass is 10.1. The highest BCUT2D eigenvalue weighted by molar-refractivity contribution is 7.87.